The zero-order valence-electron chi connectivity index (χ0n) is 22.8. The summed E-state index contributed by atoms with van der Waals surface area (Å²) in [5, 5.41) is 20.3. The summed E-state index contributed by atoms with van der Waals surface area (Å²) in [6, 6.07) is 19.5. The molecule has 0 amide bonds. The van der Waals surface area contributed by atoms with Crippen molar-refractivity contribution in [3.8, 4) is 11.1 Å². The molecular formula is C32H39NO3. The van der Waals surface area contributed by atoms with Gasteiger partial charge in [0, 0.05) is 25.3 Å². The van der Waals surface area contributed by atoms with Crippen LogP contribution in [0.2, 0.25) is 0 Å². The molecule has 1 atom stereocenters. The van der Waals surface area contributed by atoms with Crippen LogP contribution in [0.25, 0.3) is 17.2 Å². The van der Waals surface area contributed by atoms with Crippen LogP contribution in [0.5, 0.6) is 0 Å². The van der Waals surface area contributed by atoms with Gasteiger partial charge in [0.25, 0.3) is 0 Å². The lowest BCUT2D eigenvalue weighted by Gasteiger charge is -2.31. The maximum Gasteiger partial charge on any atom is 0.335 e. The fraction of sp³-hybridized carbons (Fsp3) is 0.344. The molecule has 0 bridgehead atoms. The molecule has 2 N–H and O–H groups in total. The second-order valence-corrected chi connectivity index (χ2v) is 11.7. The number of nitrogens with zero attached hydrogens (tertiary/aromatic N) is 1. The zero-order valence-corrected chi connectivity index (χ0v) is 22.8. The van der Waals surface area contributed by atoms with Gasteiger partial charge in [-0.3, -0.25) is 0 Å². The molecule has 1 unspecified atom stereocenters. The normalized spacial score (nSPS) is 13.1. The predicted molar refractivity (Wildman–Crippen MR) is 151 cm³/mol. The minimum Gasteiger partial charge on any atom is -0.478 e. The summed E-state index contributed by atoms with van der Waals surface area (Å²) in [6.07, 6.45) is 2.76. The van der Waals surface area contributed by atoms with Crippen LogP contribution in [0.15, 0.2) is 66.7 Å². The van der Waals surface area contributed by atoms with Crippen LogP contribution in [-0.2, 0) is 10.8 Å². The van der Waals surface area contributed by atoms with Gasteiger partial charge in [-0.25, -0.2) is 4.79 Å². The van der Waals surface area contributed by atoms with Crippen molar-refractivity contribution in [2.75, 3.05) is 19.0 Å². The molecule has 3 rings (SSSR count). The fourth-order valence-corrected chi connectivity index (χ4v) is 4.30. The second kappa shape index (κ2) is 10.3. The van der Waals surface area contributed by atoms with Crippen molar-refractivity contribution in [1.82, 2.24) is 0 Å². The Morgan fingerprint density at radius 2 is 1.44 bits per heavy atom. The van der Waals surface area contributed by atoms with E-state index in [-0.39, 0.29) is 16.4 Å². The van der Waals surface area contributed by atoms with E-state index in [0.717, 1.165) is 33.5 Å². The van der Waals surface area contributed by atoms with E-state index < -0.39 is 12.1 Å². The Kier molecular flexibility index (Phi) is 7.80. The maximum atomic E-state index is 11.2. The number of hydrogen-bond acceptors (Lipinski definition) is 3. The minimum atomic E-state index is -0.954. The predicted octanol–water partition coefficient (Wildman–Crippen LogP) is 7.46. The summed E-state index contributed by atoms with van der Waals surface area (Å²) in [5.74, 6) is -0.954. The lowest BCUT2D eigenvalue weighted by atomic mass is 9.80. The molecule has 4 heteroatoms. The molecule has 0 heterocycles. The van der Waals surface area contributed by atoms with Crippen molar-refractivity contribution in [1.29, 1.82) is 0 Å². The standard InChI is InChI=1S/C32H39NO3/c1-31(2,3)25-16-14-22(15-17-25)26-19-24(20-27(32(4,5)6)29(26)33(7)8)28(34)18-11-21-9-12-23(13-10-21)30(35)36/h9-20,28,34H,1-8H3,(H,35,36)/b18-11+. The Morgan fingerprint density at radius 3 is 1.92 bits per heavy atom. The SMILES string of the molecule is CN(C)c1c(-c2ccc(C(C)(C)C)cc2)cc(C(O)/C=C/c2ccc(C(=O)O)cc2)cc1C(C)(C)C. The molecule has 0 aliphatic heterocycles. The first-order valence-corrected chi connectivity index (χ1v) is 12.3. The van der Waals surface area contributed by atoms with E-state index in [9.17, 15) is 9.90 Å². The van der Waals surface area contributed by atoms with E-state index in [4.69, 9.17) is 5.11 Å². The summed E-state index contributed by atoms with van der Waals surface area (Å²) in [6.45, 7) is 13.2. The van der Waals surface area contributed by atoms with Gasteiger partial charge in [0.15, 0.2) is 0 Å². The molecular weight excluding hydrogens is 446 g/mol. The Labute approximate surface area is 215 Å². The third kappa shape index (κ3) is 6.24. The minimum absolute atomic E-state index is 0.0744. The quantitative estimate of drug-likeness (QED) is 0.380. The third-order valence-electron chi connectivity index (χ3n) is 6.42. The monoisotopic (exact) mass is 485 g/mol. The highest BCUT2D eigenvalue weighted by Crippen LogP contribution is 2.42. The molecule has 0 aliphatic rings. The maximum absolute atomic E-state index is 11.2. The van der Waals surface area contributed by atoms with Crippen molar-refractivity contribution < 1.29 is 15.0 Å². The summed E-state index contributed by atoms with van der Waals surface area (Å²) < 4.78 is 0. The number of carboxylic acids is 1. The lowest BCUT2D eigenvalue weighted by Crippen LogP contribution is -2.21. The van der Waals surface area contributed by atoms with Crippen LogP contribution in [0.3, 0.4) is 0 Å². The van der Waals surface area contributed by atoms with Crippen LogP contribution >= 0.6 is 0 Å². The van der Waals surface area contributed by atoms with E-state index in [0.29, 0.717) is 0 Å². The van der Waals surface area contributed by atoms with E-state index in [1.54, 1.807) is 30.3 Å². The van der Waals surface area contributed by atoms with Gasteiger partial charge in [0.05, 0.1) is 11.7 Å². The molecule has 0 aliphatic carbocycles. The number of anilines is 1. The fourth-order valence-electron chi connectivity index (χ4n) is 4.30. The van der Waals surface area contributed by atoms with Crippen LogP contribution < -0.4 is 4.90 Å². The molecule has 0 radical (unpaired) electrons. The zero-order chi connectivity index (χ0) is 26.8. The molecule has 3 aromatic rings. The highest BCUT2D eigenvalue weighted by atomic mass is 16.4. The molecule has 4 nitrogen and oxygen atoms in total. The van der Waals surface area contributed by atoms with Gasteiger partial charge in [0.1, 0.15) is 0 Å². The summed E-state index contributed by atoms with van der Waals surface area (Å²) >= 11 is 0. The van der Waals surface area contributed by atoms with E-state index in [1.165, 1.54) is 5.56 Å². The van der Waals surface area contributed by atoms with Crippen LogP contribution in [0, 0.1) is 0 Å². The van der Waals surface area contributed by atoms with Gasteiger partial charge in [-0.05, 0) is 56.8 Å². The first kappa shape index (κ1) is 27.2. The topological polar surface area (TPSA) is 60.8 Å². The Hall–Kier alpha value is -3.37. The molecule has 0 aromatic heterocycles. The summed E-state index contributed by atoms with van der Waals surface area (Å²) in [5.41, 5.74) is 7.62. The molecule has 0 saturated carbocycles. The van der Waals surface area contributed by atoms with E-state index >= 15 is 0 Å². The molecule has 0 fully saturated rings. The summed E-state index contributed by atoms with van der Waals surface area (Å²) in [7, 11) is 4.13. The largest absolute Gasteiger partial charge is 0.478 e. The lowest BCUT2D eigenvalue weighted by molar-refractivity contribution is 0.0697. The van der Waals surface area contributed by atoms with Gasteiger partial charge in [0.2, 0.25) is 0 Å². The average Bonchev–Trinajstić information content (AvgIpc) is 2.80. The number of benzene rings is 3. The number of aliphatic hydroxyl groups is 1. The van der Waals surface area contributed by atoms with Gasteiger partial charge >= 0.3 is 5.97 Å². The summed E-state index contributed by atoms with van der Waals surface area (Å²) in [4.78, 5) is 13.3. The Bertz CT molecular complexity index is 1240. The molecule has 3 aromatic carbocycles. The number of carboxylic acid groups (broad SMARTS) is 1. The molecule has 36 heavy (non-hydrogen) atoms. The van der Waals surface area contributed by atoms with Crippen LogP contribution in [0.1, 0.15) is 80.3 Å². The van der Waals surface area contributed by atoms with E-state index in [1.807, 2.05) is 6.08 Å². The van der Waals surface area contributed by atoms with Gasteiger partial charge < -0.3 is 15.1 Å². The number of rotatable bonds is 6. The van der Waals surface area contributed by atoms with Crippen molar-refractivity contribution in [3.63, 3.8) is 0 Å². The van der Waals surface area contributed by atoms with Gasteiger partial charge in [-0.2, -0.15) is 0 Å². The first-order chi connectivity index (χ1) is 16.7. The van der Waals surface area contributed by atoms with Crippen LogP contribution in [-0.4, -0.2) is 30.3 Å². The van der Waals surface area contributed by atoms with Gasteiger partial charge in [-0.1, -0.05) is 96.2 Å². The Morgan fingerprint density at radius 1 is 0.861 bits per heavy atom. The number of carbonyl (C=O) groups is 1. The highest BCUT2D eigenvalue weighted by molar-refractivity contribution is 5.87. The van der Waals surface area contributed by atoms with Gasteiger partial charge in [-0.15, -0.1) is 0 Å². The molecule has 190 valence electrons. The average molecular weight is 486 g/mol. The second-order valence-electron chi connectivity index (χ2n) is 11.7. The first-order valence-electron chi connectivity index (χ1n) is 12.3. The number of hydrogen-bond donors (Lipinski definition) is 2. The third-order valence-corrected chi connectivity index (χ3v) is 6.42. The van der Waals surface area contributed by atoms with Crippen molar-refractivity contribution in [2.24, 2.45) is 0 Å². The highest BCUT2D eigenvalue weighted by Gasteiger charge is 2.25. The van der Waals surface area contributed by atoms with Crippen molar-refractivity contribution >= 4 is 17.7 Å². The number of aliphatic hydroxyl groups excluding tert-OH is 1. The van der Waals surface area contributed by atoms with E-state index in [2.05, 4.69) is 96.9 Å². The Balaban J connectivity index is 2.09. The van der Waals surface area contributed by atoms with Crippen molar-refractivity contribution in [2.45, 2.75) is 58.5 Å². The van der Waals surface area contributed by atoms with Crippen LogP contribution in [0.4, 0.5) is 5.69 Å². The number of aromatic carboxylic acids is 1. The molecule has 0 saturated heterocycles. The smallest absolute Gasteiger partial charge is 0.335 e. The molecule has 0 spiro atoms. The van der Waals surface area contributed by atoms with Crippen molar-refractivity contribution in [3.05, 3.63) is 94.6 Å².